The molecule has 0 amide bonds. The number of hydrogen-bond acceptors (Lipinski definition) is 2. The van der Waals surface area contributed by atoms with Gasteiger partial charge in [0.25, 0.3) is 0 Å². The Kier molecular flexibility index (Phi) is 4.01. The van der Waals surface area contributed by atoms with Crippen molar-refractivity contribution in [3.8, 4) is 0 Å². The van der Waals surface area contributed by atoms with Gasteiger partial charge in [-0.15, -0.1) is 11.3 Å². The average molecular weight is 293 g/mol. The number of thiazole rings is 1. The summed E-state index contributed by atoms with van der Waals surface area (Å²) >= 11 is 7.29. The van der Waals surface area contributed by atoms with Gasteiger partial charge >= 0.3 is 0 Å². The maximum absolute atomic E-state index is 5.55. The van der Waals surface area contributed by atoms with Gasteiger partial charge in [-0.2, -0.15) is 0 Å². The van der Waals surface area contributed by atoms with Gasteiger partial charge in [-0.1, -0.05) is 19.1 Å². The van der Waals surface area contributed by atoms with E-state index in [2.05, 4.69) is 35.8 Å². The highest BCUT2D eigenvalue weighted by molar-refractivity contribution is 7.73. The fraction of sp³-hybridized carbons (Fsp3) is 0.533. The van der Waals surface area contributed by atoms with Crippen molar-refractivity contribution in [2.75, 3.05) is 13.1 Å². The third-order valence-electron chi connectivity index (χ3n) is 3.83. The summed E-state index contributed by atoms with van der Waals surface area (Å²) in [6.07, 6.45) is 4.11. The Morgan fingerprint density at radius 3 is 2.89 bits per heavy atom. The SMILES string of the molecule is CCC[NH+](CC1CC1)Cn1c(=S)sc2ccccc21. The zero-order chi connectivity index (χ0) is 13.2. The highest BCUT2D eigenvalue weighted by Crippen LogP contribution is 2.27. The third-order valence-corrected chi connectivity index (χ3v) is 5.26. The average Bonchev–Trinajstić information content (AvgIpc) is 3.15. The largest absolute Gasteiger partial charge is 0.317 e. The monoisotopic (exact) mass is 293 g/mol. The fourth-order valence-electron chi connectivity index (χ4n) is 2.72. The van der Waals surface area contributed by atoms with Gasteiger partial charge in [0, 0.05) is 5.92 Å². The van der Waals surface area contributed by atoms with Gasteiger partial charge in [0.1, 0.15) is 0 Å². The minimum atomic E-state index is 0.973. The molecule has 1 aliphatic carbocycles. The zero-order valence-electron chi connectivity index (χ0n) is 11.4. The van der Waals surface area contributed by atoms with Crippen molar-refractivity contribution in [1.82, 2.24) is 4.57 Å². The number of hydrogen-bond donors (Lipinski definition) is 1. The van der Waals surface area contributed by atoms with E-state index < -0.39 is 0 Å². The van der Waals surface area contributed by atoms with Crippen LogP contribution < -0.4 is 4.90 Å². The Morgan fingerprint density at radius 1 is 1.37 bits per heavy atom. The summed E-state index contributed by atoms with van der Waals surface area (Å²) in [6, 6.07) is 8.58. The molecule has 19 heavy (non-hydrogen) atoms. The van der Waals surface area contributed by atoms with E-state index in [1.54, 1.807) is 16.2 Å². The van der Waals surface area contributed by atoms with Crippen LogP contribution in [0.4, 0.5) is 0 Å². The zero-order valence-corrected chi connectivity index (χ0v) is 13.0. The summed E-state index contributed by atoms with van der Waals surface area (Å²) in [4.78, 5) is 1.68. The van der Waals surface area contributed by atoms with Crippen molar-refractivity contribution in [1.29, 1.82) is 0 Å². The lowest BCUT2D eigenvalue weighted by molar-refractivity contribution is -0.924. The number of fused-ring (bicyclic) bond motifs is 1. The summed E-state index contributed by atoms with van der Waals surface area (Å²) in [5.41, 5.74) is 1.31. The molecule has 2 aromatic rings. The third kappa shape index (κ3) is 3.07. The minimum Gasteiger partial charge on any atom is -0.317 e. The summed E-state index contributed by atoms with van der Waals surface area (Å²) in [5.74, 6) is 0.973. The van der Waals surface area contributed by atoms with Gasteiger partial charge in [0.15, 0.2) is 10.6 Å². The van der Waals surface area contributed by atoms with Crippen LogP contribution >= 0.6 is 23.6 Å². The lowest BCUT2D eigenvalue weighted by atomic mass is 10.3. The van der Waals surface area contributed by atoms with E-state index in [1.165, 1.54) is 42.6 Å². The van der Waals surface area contributed by atoms with Crippen LogP contribution in [0.25, 0.3) is 10.2 Å². The second-order valence-electron chi connectivity index (χ2n) is 5.57. The molecule has 0 spiro atoms. The number of nitrogens with one attached hydrogen (secondary N) is 1. The first kappa shape index (κ1) is 13.3. The van der Waals surface area contributed by atoms with E-state index in [4.69, 9.17) is 12.2 Å². The number of nitrogens with zero attached hydrogens (tertiary/aromatic N) is 1. The molecule has 1 aromatic carbocycles. The van der Waals surface area contributed by atoms with Crippen LogP contribution in [0.2, 0.25) is 0 Å². The van der Waals surface area contributed by atoms with Crippen LogP contribution in [0.1, 0.15) is 26.2 Å². The van der Waals surface area contributed by atoms with Crippen molar-refractivity contribution in [3.05, 3.63) is 28.2 Å². The van der Waals surface area contributed by atoms with Gasteiger partial charge in [-0.3, -0.25) is 4.57 Å². The van der Waals surface area contributed by atoms with Crippen molar-refractivity contribution >= 4 is 33.8 Å². The molecule has 4 heteroatoms. The topological polar surface area (TPSA) is 9.37 Å². The molecule has 1 saturated carbocycles. The predicted octanol–water partition coefficient (Wildman–Crippen LogP) is 3.09. The summed E-state index contributed by atoms with van der Waals surface area (Å²) in [5, 5.41) is 0. The number of para-hydroxylation sites is 1. The van der Waals surface area contributed by atoms with Gasteiger partial charge in [-0.25, -0.2) is 0 Å². The maximum Gasteiger partial charge on any atom is 0.166 e. The lowest BCUT2D eigenvalue weighted by Crippen LogP contribution is -3.11. The van der Waals surface area contributed by atoms with E-state index >= 15 is 0 Å². The van der Waals surface area contributed by atoms with Crippen molar-refractivity contribution < 1.29 is 4.90 Å². The normalized spacial score (nSPS) is 16.9. The van der Waals surface area contributed by atoms with E-state index in [0.29, 0.717) is 0 Å². The number of rotatable bonds is 6. The molecule has 1 atom stereocenters. The highest BCUT2D eigenvalue weighted by atomic mass is 32.1. The fourth-order valence-corrected chi connectivity index (χ4v) is 4.04. The minimum absolute atomic E-state index is 0.973. The molecule has 3 rings (SSSR count). The van der Waals surface area contributed by atoms with Gasteiger partial charge in [-0.05, 0) is 43.6 Å². The molecular weight excluding hydrogens is 272 g/mol. The Morgan fingerprint density at radius 2 is 2.16 bits per heavy atom. The van der Waals surface area contributed by atoms with Crippen LogP contribution in [0.5, 0.6) is 0 Å². The van der Waals surface area contributed by atoms with Crippen LogP contribution in [0.3, 0.4) is 0 Å². The first-order valence-corrected chi connectivity index (χ1v) is 8.42. The smallest absolute Gasteiger partial charge is 0.166 e. The molecule has 0 aliphatic heterocycles. The van der Waals surface area contributed by atoms with Crippen molar-refractivity contribution in [2.24, 2.45) is 5.92 Å². The molecule has 0 bridgehead atoms. The Labute approximate surface area is 123 Å². The van der Waals surface area contributed by atoms with E-state index in [-0.39, 0.29) is 0 Å². The van der Waals surface area contributed by atoms with E-state index in [0.717, 1.165) is 16.5 Å². The molecule has 1 unspecified atom stereocenters. The van der Waals surface area contributed by atoms with Crippen LogP contribution in [0.15, 0.2) is 24.3 Å². The summed E-state index contributed by atoms with van der Waals surface area (Å²) < 4.78 is 4.67. The maximum atomic E-state index is 5.55. The summed E-state index contributed by atoms with van der Waals surface area (Å²) in [7, 11) is 0. The number of quaternary nitrogens is 1. The standard InChI is InChI=1S/C15H20N2S2/c1-2-9-16(10-12-7-8-12)11-17-13-5-3-4-6-14(13)19-15(17)18/h3-6,12H,2,7-11H2,1H3/p+1. The molecule has 1 aliphatic rings. The molecule has 102 valence electrons. The highest BCUT2D eigenvalue weighted by Gasteiger charge is 2.27. The van der Waals surface area contributed by atoms with E-state index in [9.17, 15) is 0 Å². The molecule has 1 N–H and O–H groups in total. The van der Waals surface area contributed by atoms with Crippen molar-refractivity contribution in [3.63, 3.8) is 0 Å². The lowest BCUT2D eigenvalue weighted by Gasteiger charge is -2.19. The molecule has 0 radical (unpaired) electrons. The van der Waals surface area contributed by atoms with Crippen LogP contribution in [-0.4, -0.2) is 17.7 Å². The van der Waals surface area contributed by atoms with Gasteiger partial charge in [0.05, 0.1) is 23.3 Å². The van der Waals surface area contributed by atoms with Gasteiger partial charge in [0.2, 0.25) is 0 Å². The second-order valence-corrected chi connectivity index (χ2v) is 7.25. The van der Waals surface area contributed by atoms with E-state index in [1.807, 2.05) is 0 Å². The number of aromatic nitrogens is 1. The Hall–Kier alpha value is -0.710. The molecule has 1 aromatic heterocycles. The molecule has 2 nitrogen and oxygen atoms in total. The first-order valence-electron chi connectivity index (χ1n) is 7.20. The van der Waals surface area contributed by atoms with Crippen LogP contribution in [-0.2, 0) is 6.67 Å². The molecule has 0 saturated heterocycles. The molecule has 1 heterocycles. The van der Waals surface area contributed by atoms with Crippen LogP contribution in [0, 0.1) is 9.87 Å². The Balaban J connectivity index is 1.85. The number of benzene rings is 1. The summed E-state index contributed by atoms with van der Waals surface area (Å²) in [6.45, 7) is 5.88. The molecule has 1 fully saturated rings. The predicted molar refractivity (Wildman–Crippen MR) is 84.4 cm³/mol. The van der Waals surface area contributed by atoms with Gasteiger partial charge < -0.3 is 4.90 Å². The first-order chi connectivity index (χ1) is 9.28. The second kappa shape index (κ2) is 5.73. The van der Waals surface area contributed by atoms with Crippen molar-refractivity contribution in [2.45, 2.75) is 32.9 Å². The molecular formula is C15H21N2S2+. The quantitative estimate of drug-likeness (QED) is 0.805. The Bertz CT molecular complexity index is 610.